The molecule has 23 heavy (non-hydrogen) atoms. The molecule has 1 N–H and O–H groups in total. The lowest BCUT2D eigenvalue weighted by Crippen LogP contribution is -2.32. The van der Waals surface area contributed by atoms with Crippen molar-refractivity contribution in [1.29, 1.82) is 0 Å². The fraction of sp³-hybridized carbons (Fsp3) is 0.222. The highest BCUT2D eigenvalue weighted by Crippen LogP contribution is 2.28. The van der Waals surface area contributed by atoms with Crippen molar-refractivity contribution in [3.05, 3.63) is 64.5 Å². The SMILES string of the molecule is CC(CCc1ccccc1)NC(=O)c1cnc(-c2cccs2)s1. The van der Waals surface area contributed by atoms with E-state index in [2.05, 4.69) is 22.4 Å². The van der Waals surface area contributed by atoms with Crippen LogP contribution >= 0.6 is 22.7 Å². The molecule has 0 aliphatic carbocycles. The predicted octanol–water partition coefficient (Wildman–Crippen LogP) is 4.62. The van der Waals surface area contributed by atoms with Gasteiger partial charge in [-0.15, -0.1) is 22.7 Å². The zero-order valence-corrected chi connectivity index (χ0v) is 14.5. The van der Waals surface area contributed by atoms with Crippen LogP contribution in [0.2, 0.25) is 0 Å². The molecular weight excluding hydrogens is 324 g/mol. The molecule has 2 heterocycles. The summed E-state index contributed by atoms with van der Waals surface area (Å²) in [4.78, 5) is 18.4. The average molecular weight is 342 g/mol. The minimum atomic E-state index is -0.0362. The van der Waals surface area contributed by atoms with Gasteiger partial charge in [0.1, 0.15) is 9.88 Å². The molecule has 3 aromatic rings. The summed E-state index contributed by atoms with van der Waals surface area (Å²) in [5.74, 6) is -0.0362. The predicted molar refractivity (Wildman–Crippen MR) is 97.1 cm³/mol. The van der Waals surface area contributed by atoms with Crippen LogP contribution in [0.25, 0.3) is 9.88 Å². The summed E-state index contributed by atoms with van der Waals surface area (Å²) in [7, 11) is 0. The van der Waals surface area contributed by atoms with E-state index < -0.39 is 0 Å². The van der Waals surface area contributed by atoms with Gasteiger partial charge >= 0.3 is 0 Å². The minimum Gasteiger partial charge on any atom is -0.349 e. The highest BCUT2D eigenvalue weighted by atomic mass is 32.1. The zero-order chi connectivity index (χ0) is 16.1. The maximum absolute atomic E-state index is 12.3. The van der Waals surface area contributed by atoms with Gasteiger partial charge in [-0.05, 0) is 36.8 Å². The van der Waals surface area contributed by atoms with E-state index in [-0.39, 0.29) is 11.9 Å². The maximum atomic E-state index is 12.3. The number of hydrogen-bond acceptors (Lipinski definition) is 4. The number of rotatable bonds is 6. The Bertz CT molecular complexity index is 750. The molecule has 0 aliphatic rings. The van der Waals surface area contributed by atoms with Crippen LogP contribution in [0.5, 0.6) is 0 Å². The Hall–Kier alpha value is -1.98. The first kappa shape index (κ1) is 15.9. The van der Waals surface area contributed by atoms with Crippen LogP contribution in [0.4, 0.5) is 0 Å². The van der Waals surface area contributed by atoms with Crippen LogP contribution in [-0.2, 0) is 6.42 Å². The molecule has 0 bridgehead atoms. The fourth-order valence-corrected chi connectivity index (χ4v) is 3.91. The lowest BCUT2D eigenvalue weighted by Gasteiger charge is -2.12. The summed E-state index contributed by atoms with van der Waals surface area (Å²) in [6.45, 7) is 2.04. The molecule has 1 aromatic carbocycles. The molecule has 5 heteroatoms. The number of aryl methyl sites for hydroxylation is 1. The molecule has 1 atom stereocenters. The Labute approximate surface area is 144 Å². The minimum absolute atomic E-state index is 0.0362. The molecule has 0 aliphatic heterocycles. The van der Waals surface area contributed by atoms with E-state index in [1.165, 1.54) is 16.9 Å². The monoisotopic (exact) mass is 342 g/mol. The fourth-order valence-electron chi connectivity index (χ4n) is 2.29. The molecule has 1 unspecified atom stereocenters. The molecule has 118 valence electrons. The number of thiophene rings is 1. The van der Waals surface area contributed by atoms with Crippen LogP contribution in [-0.4, -0.2) is 16.9 Å². The number of amides is 1. The van der Waals surface area contributed by atoms with E-state index >= 15 is 0 Å². The van der Waals surface area contributed by atoms with Gasteiger partial charge in [-0.2, -0.15) is 0 Å². The Balaban J connectivity index is 1.54. The molecule has 0 radical (unpaired) electrons. The van der Waals surface area contributed by atoms with E-state index in [1.807, 2.05) is 42.6 Å². The third-order valence-electron chi connectivity index (χ3n) is 3.55. The van der Waals surface area contributed by atoms with Gasteiger partial charge in [0.15, 0.2) is 0 Å². The van der Waals surface area contributed by atoms with Crippen LogP contribution < -0.4 is 5.32 Å². The third-order valence-corrected chi connectivity index (χ3v) is 5.58. The Morgan fingerprint density at radius 1 is 1.22 bits per heavy atom. The lowest BCUT2D eigenvalue weighted by atomic mass is 10.1. The van der Waals surface area contributed by atoms with E-state index in [0.717, 1.165) is 22.7 Å². The van der Waals surface area contributed by atoms with Crippen LogP contribution in [0.15, 0.2) is 54.0 Å². The Kier molecular flexibility index (Phi) is 5.20. The highest BCUT2D eigenvalue weighted by Gasteiger charge is 2.14. The van der Waals surface area contributed by atoms with Crippen molar-refractivity contribution in [3.63, 3.8) is 0 Å². The van der Waals surface area contributed by atoms with Gasteiger partial charge < -0.3 is 5.32 Å². The number of benzene rings is 1. The summed E-state index contributed by atoms with van der Waals surface area (Å²) >= 11 is 3.08. The first-order valence-electron chi connectivity index (χ1n) is 7.57. The largest absolute Gasteiger partial charge is 0.349 e. The Morgan fingerprint density at radius 2 is 2.04 bits per heavy atom. The van der Waals surface area contributed by atoms with Crippen molar-refractivity contribution in [3.8, 4) is 9.88 Å². The normalized spacial score (nSPS) is 12.0. The summed E-state index contributed by atoms with van der Waals surface area (Å²) in [5, 5.41) is 5.98. The topological polar surface area (TPSA) is 42.0 Å². The molecule has 0 fully saturated rings. The second-order valence-corrected chi connectivity index (χ2v) is 7.38. The molecule has 3 nitrogen and oxygen atoms in total. The smallest absolute Gasteiger partial charge is 0.263 e. The van der Waals surface area contributed by atoms with Crippen molar-refractivity contribution < 1.29 is 4.79 Å². The second kappa shape index (κ2) is 7.53. The van der Waals surface area contributed by atoms with E-state index in [4.69, 9.17) is 0 Å². The molecule has 0 saturated heterocycles. The number of thiazole rings is 1. The number of nitrogens with one attached hydrogen (secondary N) is 1. The first-order chi connectivity index (χ1) is 11.2. The second-order valence-electron chi connectivity index (χ2n) is 5.41. The van der Waals surface area contributed by atoms with Gasteiger partial charge in [0.25, 0.3) is 5.91 Å². The van der Waals surface area contributed by atoms with Gasteiger partial charge in [0.2, 0.25) is 0 Å². The van der Waals surface area contributed by atoms with Gasteiger partial charge in [-0.3, -0.25) is 4.79 Å². The number of carbonyl (C=O) groups is 1. The molecule has 0 spiro atoms. The highest BCUT2D eigenvalue weighted by molar-refractivity contribution is 7.21. The van der Waals surface area contributed by atoms with Crippen molar-refractivity contribution in [2.75, 3.05) is 0 Å². The van der Waals surface area contributed by atoms with Crippen LogP contribution in [0.1, 0.15) is 28.6 Å². The maximum Gasteiger partial charge on any atom is 0.263 e. The molecular formula is C18H18N2OS2. The summed E-state index contributed by atoms with van der Waals surface area (Å²) in [6, 6.07) is 14.5. The van der Waals surface area contributed by atoms with Gasteiger partial charge in [0.05, 0.1) is 11.1 Å². The lowest BCUT2D eigenvalue weighted by molar-refractivity contribution is 0.0942. The average Bonchev–Trinajstić information content (AvgIpc) is 3.24. The van der Waals surface area contributed by atoms with Gasteiger partial charge in [-0.1, -0.05) is 36.4 Å². The Morgan fingerprint density at radius 3 is 2.78 bits per heavy atom. The van der Waals surface area contributed by atoms with Crippen LogP contribution in [0, 0.1) is 0 Å². The standard InChI is InChI=1S/C18H18N2OS2/c1-13(9-10-14-6-3-2-4-7-14)20-17(21)16-12-19-18(23-16)15-8-5-11-22-15/h2-8,11-13H,9-10H2,1H3,(H,20,21). The quantitative estimate of drug-likeness (QED) is 0.710. The van der Waals surface area contributed by atoms with E-state index in [1.54, 1.807) is 17.5 Å². The summed E-state index contributed by atoms with van der Waals surface area (Å²) < 4.78 is 0. The van der Waals surface area contributed by atoms with Gasteiger partial charge in [0, 0.05) is 6.04 Å². The van der Waals surface area contributed by atoms with Crippen molar-refractivity contribution >= 4 is 28.6 Å². The number of nitrogens with zero attached hydrogens (tertiary/aromatic N) is 1. The number of hydrogen-bond donors (Lipinski definition) is 1. The number of carbonyl (C=O) groups excluding carboxylic acids is 1. The molecule has 2 aromatic heterocycles. The third kappa shape index (κ3) is 4.27. The molecule has 0 saturated carbocycles. The zero-order valence-electron chi connectivity index (χ0n) is 12.9. The summed E-state index contributed by atoms with van der Waals surface area (Å²) in [6.07, 6.45) is 3.55. The van der Waals surface area contributed by atoms with E-state index in [0.29, 0.717) is 4.88 Å². The van der Waals surface area contributed by atoms with Crippen molar-refractivity contribution in [1.82, 2.24) is 10.3 Å². The van der Waals surface area contributed by atoms with Crippen molar-refractivity contribution in [2.24, 2.45) is 0 Å². The van der Waals surface area contributed by atoms with Gasteiger partial charge in [-0.25, -0.2) is 4.98 Å². The molecule has 3 rings (SSSR count). The first-order valence-corrected chi connectivity index (χ1v) is 9.26. The van der Waals surface area contributed by atoms with E-state index in [9.17, 15) is 4.79 Å². The summed E-state index contributed by atoms with van der Waals surface area (Å²) in [5.41, 5.74) is 1.30. The van der Waals surface area contributed by atoms with Crippen molar-refractivity contribution in [2.45, 2.75) is 25.8 Å². The molecule has 1 amide bonds. The number of aromatic nitrogens is 1. The van der Waals surface area contributed by atoms with Crippen LogP contribution in [0.3, 0.4) is 0 Å².